The van der Waals surface area contributed by atoms with E-state index in [1.54, 1.807) is 34.6 Å². The zero-order valence-electron chi connectivity index (χ0n) is 10.2. The van der Waals surface area contributed by atoms with Gasteiger partial charge < -0.3 is 10.1 Å². The maximum atomic E-state index is 11.4. The van der Waals surface area contributed by atoms with E-state index in [-0.39, 0.29) is 5.92 Å². The molecular weight excluding hydrogens is 214 g/mol. The molecule has 1 atom stereocenters. The quantitative estimate of drug-likeness (QED) is 0.570. The van der Waals surface area contributed by atoms with Crippen LogP contribution in [0.4, 0.5) is 4.79 Å². The highest BCUT2D eigenvalue weighted by atomic mass is 17.1. The first-order chi connectivity index (χ1) is 7.17. The van der Waals surface area contributed by atoms with E-state index in [0.29, 0.717) is 0 Å². The van der Waals surface area contributed by atoms with Crippen molar-refractivity contribution in [2.75, 3.05) is 0 Å². The minimum Gasteiger partial charge on any atom is -0.444 e. The fraction of sp³-hybridized carbons (Fsp3) is 0.800. The Morgan fingerprint density at radius 2 is 1.75 bits per heavy atom. The summed E-state index contributed by atoms with van der Waals surface area (Å²) in [6, 6.07) is -0.931. The van der Waals surface area contributed by atoms with Gasteiger partial charge in [0.15, 0.2) is 0 Å². The fourth-order valence-corrected chi connectivity index (χ4v) is 0.989. The lowest BCUT2D eigenvalue weighted by Crippen LogP contribution is -2.46. The SMILES string of the molecule is CC(C)[C@@H](NC(=O)OC(C)(C)C)C(=O)OO. The average Bonchev–Trinajstić information content (AvgIpc) is 2.09. The van der Waals surface area contributed by atoms with Crippen molar-refractivity contribution in [2.45, 2.75) is 46.3 Å². The standard InChI is InChI=1S/C10H19NO5/c1-6(2)7(8(12)16-14)11-9(13)15-10(3,4)5/h6-7,14H,1-5H3,(H,11,13)/t7-/m1/s1. The molecule has 6 heteroatoms. The largest absolute Gasteiger partial charge is 0.444 e. The highest BCUT2D eigenvalue weighted by Gasteiger charge is 2.28. The van der Waals surface area contributed by atoms with E-state index < -0.39 is 23.7 Å². The summed E-state index contributed by atoms with van der Waals surface area (Å²) in [4.78, 5) is 26.1. The number of carbonyl (C=O) groups is 2. The Balaban J connectivity index is 4.42. The third-order valence-corrected chi connectivity index (χ3v) is 1.68. The van der Waals surface area contributed by atoms with Gasteiger partial charge in [0.2, 0.25) is 0 Å². The van der Waals surface area contributed by atoms with Crippen molar-refractivity contribution in [1.82, 2.24) is 5.32 Å². The molecule has 2 N–H and O–H groups in total. The molecule has 0 aliphatic rings. The number of amides is 1. The molecule has 6 nitrogen and oxygen atoms in total. The number of hydrogen-bond donors (Lipinski definition) is 2. The summed E-state index contributed by atoms with van der Waals surface area (Å²) in [6.45, 7) is 8.54. The van der Waals surface area contributed by atoms with Crippen LogP contribution in [0.15, 0.2) is 0 Å². The summed E-state index contributed by atoms with van der Waals surface area (Å²) >= 11 is 0. The molecule has 1 amide bonds. The summed E-state index contributed by atoms with van der Waals surface area (Å²) in [7, 11) is 0. The van der Waals surface area contributed by atoms with Gasteiger partial charge in [0.05, 0.1) is 0 Å². The minimum absolute atomic E-state index is 0.216. The zero-order chi connectivity index (χ0) is 12.9. The summed E-state index contributed by atoms with van der Waals surface area (Å²) in [5.74, 6) is -1.13. The Labute approximate surface area is 94.8 Å². The topological polar surface area (TPSA) is 84.9 Å². The lowest BCUT2D eigenvalue weighted by molar-refractivity contribution is -0.237. The summed E-state index contributed by atoms with van der Waals surface area (Å²) in [5, 5.41) is 10.6. The third-order valence-electron chi connectivity index (χ3n) is 1.68. The lowest BCUT2D eigenvalue weighted by atomic mass is 10.1. The van der Waals surface area contributed by atoms with Crippen molar-refractivity contribution >= 4 is 12.1 Å². The first-order valence-electron chi connectivity index (χ1n) is 5.02. The van der Waals surface area contributed by atoms with Gasteiger partial charge in [-0.15, -0.1) is 0 Å². The Bertz CT molecular complexity index is 256. The summed E-state index contributed by atoms with van der Waals surface area (Å²) in [6.07, 6.45) is -0.725. The van der Waals surface area contributed by atoms with Crippen LogP contribution in [0.5, 0.6) is 0 Å². The molecule has 0 rings (SSSR count). The molecule has 0 saturated heterocycles. The molecule has 0 saturated carbocycles. The summed E-state index contributed by atoms with van der Waals surface area (Å²) < 4.78 is 4.97. The molecule has 0 bridgehead atoms. The van der Waals surface area contributed by atoms with Crippen LogP contribution < -0.4 is 5.32 Å². The Morgan fingerprint density at radius 3 is 2.06 bits per heavy atom. The first kappa shape index (κ1) is 14.7. The maximum Gasteiger partial charge on any atom is 0.408 e. The van der Waals surface area contributed by atoms with Crippen molar-refractivity contribution in [3.63, 3.8) is 0 Å². The predicted octanol–water partition coefficient (Wildman–Crippen LogP) is 1.55. The number of rotatable bonds is 3. The average molecular weight is 233 g/mol. The molecule has 0 aliphatic heterocycles. The maximum absolute atomic E-state index is 11.4. The van der Waals surface area contributed by atoms with Crippen LogP contribution in [0.1, 0.15) is 34.6 Å². The molecule has 16 heavy (non-hydrogen) atoms. The van der Waals surface area contributed by atoms with Crippen molar-refractivity contribution in [3.05, 3.63) is 0 Å². The van der Waals surface area contributed by atoms with Gasteiger partial charge in [-0.05, 0) is 26.7 Å². The van der Waals surface area contributed by atoms with Crippen LogP contribution in [0.25, 0.3) is 0 Å². The summed E-state index contributed by atoms with van der Waals surface area (Å²) in [5.41, 5.74) is -0.644. The number of carbonyl (C=O) groups excluding carboxylic acids is 2. The van der Waals surface area contributed by atoms with E-state index in [0.717, 1.165) is 0 Å². The Kier molecular flexibility index (Phi) is 5.23. The van der Waals surface area contributed by atoms with Crippen molar-refractivity contribution in [2.24, 2.45) is 5.92 Å². The van der Waals surface area contributed by atoms with Gasteiger partial charge in [-0.25, -0.2) is 9.59 Å². The number of ether oxygens (including phenoxy) is 1. The molecule has 0 unspecified atom stereocenters. The van der Waals surface area contributed by atoms with Crippen molar-refractivity contribution in [3.8, 4) is 0 Å². The Morgan fingerprint density at radius 1 is 1.25 bits per heavy atom. The molecular formula is C10H19NO5. The number of hydrogen-bond acceptors (Lipinski definition) is 5. The van der Waals surface area contributed by atoms with Crippen LogP contribution in [-0.2, 0) is 14.4 Å². The van der Waals surface area contributed by atoms with Crippen LogP contribution in [0.3, 0.4) is 0 Å². The van der Waals surface area contributed by atoms with E-state index in [1.165, 1.54) is 0 Å². The monoisotopic (exact) mass is 233 g/mol. The smallest absolute Gasteiger partial charge is 0.408 e. The van der Waals surface area contributed by atoms with Gasteiger partial charge >= 0.3 is 12.1 Å². The van der Waals surface area contributed by atoms with E-state index in [9.17, 15) is 9.59 Å². The van der Waals surface area contributed by atoms with Crippen LogP contribution in [0.2, 0.25) is 0 Å². The van der Waals surface area contributed by atoms with Gasteiger partial charge in [-0.1, -0.05) is 13.8 Å². The molecule has 0 aliphatic carbocycles. The fourth-order valence-electron chi connectivity index (χ4n) is 0.989. The van der Waals surface area contributed by atoms with Gasteiger partial charge in [0, 0.05) is 0 Å². The molecule has 94 valence electrons. The normalized spacial score (nSPS) is 13.2. The van der Waals surface area contributed by atoms with Crippen LogP contribution in [0, 0.1) is 5.92 Å². The molecule has 0 aromatic carbocycles. The van der Waals surface area contributed by atoms with Gasteiger partial charge in [0.1, 0.15) is 11.6 Å². The van der Waals surface area contributed by atoms with E-state index >= 15 is 0 Å². The molecule has 0 fully saturated rings. The van der Waals surface area contributed by atoms with Gasteiger partial charge in [-0.3, -0.25) is 4.89 Å². The van der Waals surface area contributed by atoms with E-state index in [4.69, 9.17) is 9.99 Å². The van der Waals surface area contributed by atoms with Crippen LogP contribution >= 0.6 is 0 Å². The van der Waals surface area contributed by atoms with Gasteiger partial charge in [0.25, 0.3) is 0 Å². The Hall–Kier alpha value is -1.30. The van der Waals surface area contributed by atoms with Gasteiger partial charge in [-0.2, -0.15) is 5.26 Å². The van der Waals surface area contributed by atoms with Crippen molar-refractivity contribution < 1.29 is 24.5 Å². The molecule has 0 aromatic rings. The number of nitrogens with one attached hydrogen (secondary N) is 1. The molecule has 0 spiro atoms. The number of alkyl carbamates (subject to hydrolysis) is 1. The van der Waals surface area contributed by atoms with E-state index in [1.807, 2.05) is 0 Å². The minimum atomic E-state index is -0.931. The predicted molar refractivity (Wildman–Crippen MR) is 56.7 cm³/mol. The lowest BCUT2D eigenvalue weighted by Gasteiger charge is -2.23. The zero-order valence-corrected chi connectivity index (χ0v) is 10.2. The van der Waals surface area contributed by atoms with E-state index in [2.05, 4.69) is 10.2 Å². The molecule has 0 aromatic heterocycles. The van der Waals surface area contributed by atoms with Crippen molar-refractivity contribution in [1.29, 1.82) is 0 Å². The first-order valence-corrected chi connectivity index (χ1v) is 5.02. The second-order valence-corrected chi connectivity index (χ2v) is 4.78. The second kappa shape index (κ2) is 5.69. The molecule has 0 radical (unpaired) electrons. The molecule has 0 heterocycles. The second-order valence-electron chi connectivity index (χ2n) is 4.78. The van der Waals surface area contributed by atoms with Crippen LogP contribution in [-0.4, -0.2) is 29.0 Å². The highest BCUT2D eigenvalue weighted by molar-refractivity contribution is 5.81. The highest BCUT2D eigenvalue weighted by Crippen LogP contribution is 2.09. The third kappa shape index (κ3) is 5.55.